The van der Waals surface area contributed by atoms with Crippen LogP contribution in [0.3, 0.4) is 0 Å². The Morgan fingerprint density at radius 2 is 1.95 bits per heavy atom. The Morgan fingerprint density at radius 1 is 1.32 bits per heavy atom. The number of hydrogen-bond acceptors (Lipinski definition) is 2. The van der Waals surface area contributed by atoms with Crippen LogP contribution in [0.25, 0.3) is 0 Å². The smallest absolute Gasteiger partial charge is 0.412 e. The third kappa shape index (κ3) is 4.85. The van der Waals surface area contributed by atoms with E-state index in [-0.39, 0.29) is 12.0 Å². The largest absolute Gasteiger partial charge is 0.444 e. The number of carbonyl (C=O) groups is 1. The van der Waals surface area contributed by atoms with Crippen molar-refractivity contribution in [1.29, 1.82) is 0 Å². The number of benzene rings is 1. The Labute approximate surface area is 112 Å². The normalized spacial score (nSPS) is 12.1. The molecule has 0 heterocycles. The molecule has 1 aromatic rings. The molecule has 0 fully saturated rings. The van der Waals surface area contributed by atoms with E-state index >= 15 is 0 Å². The zero-order valence-electron chi connectivity index (χ0n) is 11.6. The van der Waals surface area contributed by atoms with Crippen molar-refractivity contribution in [3.8, 4) is 0 Å². The van der Waals surface area contributed by atoms with Crippen molar-refractivity contribution in [2.24, 2.45) is 0 Å². The summed E-state index contributed by atoms with van der Waals surface area (Å²) in [6.45, 7) is 6.60. The minimum atomic E-state index is -2.90. The molecular weight excluding hydrogens is 252 g/mol. The summed E-state index contributed by atoms with van der Waals surface area (Å²) >= 11 is 0. The summed E-state index contributed by atoms with van der Waals surface area (Å²) in [6.07, 6.45) is -0.951. The molecule has 0 aliphatic carbocycles. The summed E-state index contributed by atoms with van der Waals surface area (Å²) < 4.78 is 32.1. The average Bonchev–Trinajstić information content (AvgIpc) is 2.26. The minimum Gasteiger partial charge on any atom is -0.444 e. The number of rotatable bonds is 3. The maximum absolute atomic E-state index is 13.5. The van der Waals surface area contributed by atoms with Crippen LogP contribution in [-0.4, -0.2) is 11.7 Å². The fourth-order valence-corrected chi connectivity index (χ4v) is 1.45. The first-order valence-electron chi connectivity index (χ1n) is 6.12. The second-order valence-electron chi connectivity index (χ2n) is 5.27. The lowest BCUT2D eigenvalue weighted by Crippen LogP contribution is -2.27. The molecule has 0 radical (unpaired) electrons. The predicted octanol–water partition coefficient (Wildman–Crippen LogP) is 4.54. The second-order valence-corrected chi connectivity index (χ2v) is 5.27. The summed E-state index contributed by atoms with van der Waals surface area (Å²) in [5.41, 5.74) is -0.460. The number of hydrogen-bond donors (Lipinski definition) is 1. The Bertz CT molecular complexity index is 453. The molecule has 0 bridgehead atoms. The molecule has 0 aliphatic rings. The summed E-state index contributed by atoms with van der Waals surface area (Å²) in [5.74, 6) is -2.90. The first-order chi connectivity index (χ1) is 8.64. The van der Waals surface area contributed by atoms with Gasteiger partial charge in [-0.1, -0.05) is 19.1 Å². The molecule has 0 unspecified atom stereocenters. The van der Waals surface area contributed by atoms with Gasteiger partial charge in [-0.2, -0.15) is 0 Å². The van der Waals surface area contributed by atoms with Gasteiger partial charge in [0.25, 0.3) is 5.92 Å². The topological polar surface area (TPSA) is 38.3 Å². The van der Waals surface area contributed by atoms with Crippen molar-refractivity contribution in [2.45, 2.75) is 45.6 Å². The Morgan fingerprint density at radius 3 is 2.47 bits per heavy atom. The number of nitrogens with one attached hydrogen (secondary N) is 1. The molecular formula is C14H19F2NO2. The van der Waals surface area contributed by atoms with Gasteiger partial charge in [0, 0.05) is 17.7 Å². The average molecular weight is 271 g/mol. The number of anilines is 1. The zero-order chi connectivity index (χ0) is 14.7. The molecule has 0 saturated carbocycles. The van der Waals surface area contributed by atoms with Gasteiger partial charge in [-0.15, -0.1) is 0 Å². The van der Waals surface area contributed by atoms with E-state index < -0.39 is 17.6 Å². The maximum atomic E-state index is 13.5. The highest BCUT2D eigenvalue weighted by Crippen LogP contribution is 2.32. The molecule has 106 valence electrons. The van der Waals surface area contributed by atoms with Crippen molar-refractivity contribution in [2.75, 3.05) is 5.32 Å². The van der Waals surface area contributed by atoms with Gasteiger partial charge < -0.3 is 4.74 Å². The van der Waals surface area contributed by atoms with Gasteiger partial charge in [0.05, 0.1) is 0 Å². The van der Waals surface area contributed by atoms with Crippen molar-refractivity contribution in [3.05, 3.63) is 29.8 Å². The molecule has 1 rings (SSSR count). The van der Waals surface area contributed by atoms with Gasteiger partial charge in [-0.25, -0.2) is 13.6 Å². The summed E-state index contributed by atoms with van der Waals surface area (Å²) in [6, 6.07) is 5.61. The third-order valence-electron chi connectivity index (χ3n) is 2.37. The van der Waals surface area contributed by atoms with E-state index in [0.29, 0.717) is 5.69 Å². The van der Waals surface area contributed by atoms with Crippen LogP contribution in [0, 0.1) is 0 Å². The summed E-state index contributed by atoms with van der Waals surface area (Å²) in [5, 5.41) is 2.44. The monoisotopic (exact) mass is 271 g/mol. The highest BCUT2D eigenvalue weighted by Gasteiger charge is 2.29. The van der Waals surface area contributed by atoms with Gasteiger partial charge in [0.15, 0.2) is 0 Å². The van der Waals surface area contributed by atoms with E-state index in [1.165, 1.54) is 25.1 Å². The van der Waals surface area contributed by atoms with Gasteiger partial charge in [-0.3, -0.25) is 5.32 Å². The number of carbonyl (C=O) groups excluding carboxylic acids is 1. The van der Waals surface area contributed by atoms with Gasteiger partial charge in [0.1, 0.15) is 5.60 Å². The lowest BCUT2D eigenvalue weighted by molar-refractivity contribution is -0.00826. The van der Waals surface area contributed by atoms with Crippen molar-refractivity contribution < 1.29 is 18.3 Å². The molecule has 0 atom stereocenters. The van der Waals surface area contributed by atoms with Crippen LogP contribution in [0.15, 0.2) is 24.3 Å². The SMILES string of the molecule is CCC(F)(F)c1cccc(NC(=O)OC(C)(C)C)c1. The molecule has 0 saturated heterocycles. The Balaban J connectivity index is 2.81. The summed E-state index contributed by atoms with van der Waals surface area (Å²) in [7, 11) is 0. The van der Waals surface area contributed by atoms with Crippen LogP contribution >= 0.6 is 0 Å². The molecule has 3 nitrogen and oxygen atoms in total. The number of alkyl halides is 2. The molecule has 1 N–H and O–H groups in total. The number of amides is 1. The van der Waals surface area contributed by atoms with Crippen LogP contribution in [0.5, 0.6) is 0 Å². The fraction of sp³-hybridized carbons (Fsp3) is 0.500. The van der Waals surface area contributed by atoms with E-state index in [1.807, 2.05) is 0 Å². The molecule has 1 amide bonds. The summed E-state index contributed by atoms with van der Waals surface area (Å²) in [4.78, 5) is 11.5. The standard InChI is InChI=1S/C14H19F2NO2/c1-5-14(15,16)10-7-6-8-11(9-10)17-12(18)19-13(2,3)4/h6-9H,5H2,1-4H3,(H,17,18). The molecule has 0 aliphatic heterocycles. The van der Waals surface area contributed by atoms with Crippen LogP contribution in [-0.2, 0) is 10.7 Å². The predicted molar refractivity (Wildman–Crippen MR) is 70.5 cm³/mol. The maximum Gasteiger partial charge on any atom is 0.412 e. The fourth-order valence-electron chi connectivity index (χ4n) is 1.45. The molecule has 5 heteroatoms. The minimum absolute atomic E-state index is 0.122. The highest BCUT2D eigenvalue weighted by atomic mass is 19.3. The van der Waals surface area contributed by atoms with Crippen LogP contribution in [0.4, 0.5) is 19.3 Å². The van der Waals surface area contributed by atoms with Crippen LogP contribution in [0.2, 0.25) is 0 Å². The van der Waals surface area contributed by atoms with Gasteiger partial charge in [-0.05, 0) is 32.9 Å². The Hall–Kier alpha value is -1.65. The van der Waals surface area contributed by atoms with E-state index in [9.17, 15) is 13.6 Å². The Kier molecular flexibility index (Phi) is 4.50. The molecule has 1 aromatic carbocycles. The first kappa shape index (κ1) is 15.4. The van der Waals surface area contributed by atoms with Crippen molar-refractivity contribution >= 4 is 11.8 Å². The lowest BCUT2D eigenvalue weighted by Gasteiger charge is -2.20. The van der Waals surface area contributed by atoms with Crippen molar-refractivity contribution in [3.63, 3.8) is 0 Å². The van der Waals surface area contributed by atoms with Crippen LogP contribution in [0.1, 0.15) is 39.7 Å². The van der Waals surface area contributed by atoms with Crippen molar-refractivity contribution in [1.82, 2.24) is 0 Å². The van der Waals surface area contributed by atoms with E-state index in [2.05, 4.69) is 5.32 Å². The second kappa shape index (κ2) is 5.55. The van der Waals surface area contributed by atoms with E-state index in [0.717, 1.165) is 0 Å². The van der Waals surface area contributed by atoms with Gasteiger partial charge >= 0.3 is 6.09 Å². The van der Waals surface area contributed by atoms with E-state index in [1.54, 1.807) is 26.8 Å². The molecule has 0 aromatic heterocycles. The van der Waals surface area contributed by atoms with Crippen LogP contribution < -0.4 is 5.32 Å². The quantitative estimate of drug-likeness (QED) is 0.876. The van der Waals surface area contributed by atoms with Gasteiger partial charge in [0.2, 0.25) is 0 Å². The number of halogens is 2. The highest BCUT2D eigenvalue weighted by molar-refractivity contribution is 5.84. The molecule has 0 spiro atoms. The number of ether oxygens (including phenoxy) is 1. The van der Waals surface area contributed by atoms with E-state index in [4.69, 9.17) is 4.74 Å². The lowest BCUT2D eigenvalue weighted by atomic mass is 10.1. The molecule has 19 heavy (non-hydrogen) atoms. The first-order valence-corrected chi connectivity index (χ1v) is 6.12. The third-order valence-corrected chi connectivity index (χ3v) is 2.37. The zero-order valence-corrected chi connectivity index (χ0v) is 11.6.